The minimum atomic E-state index is -0.504. The van der Waals surface area contributed by atoms with Crippen molar-refractivity contribution >= 4 is 23.6 Å². The van der Waals surface area contributed by atoms with Crippen LogP contribution < -0.4 is 0 Å². The molecule has 1 unspecified atom stereocenters. The van der Waals surface area contributed by atoms with Gasteiger partial charge in [0.2, 0.25) is 11.8 Å². The van der Waals surface area contributed by atoms with E-state index in [1.807, 2.05) is 17.0 Å². The monoisotopic (exact) mass is 377 g/mol. The normalized spacial score (nSPS) is 20.7. The fourth-order valence-corrected chi connectivity index (χ4v) is 3.90. The molecule has 4 rings (SSSR count). The molecule has 144 valence electrons. The molecule has 0 saturated carbocycles. The van der Waals surface area contributed by atoms with E-state index >= 15 is 0 Å². The fraction of sp³-hybridized carbons (Fsp3) is 0.364. The highest BCUT2D eigenvalue weighted by atomic mass is 16.2. The zero-order valence-electron chi connectivity index (χ0n) is 15.7. The number of carbonyl (C=O) groups is 3. The van der Waals surface area contributed by atoms with Crippen LogP contribution in [0.25, 0.3) is 0 Å². The van der Waals surface area contributed by atoms with Crippen molar-refractivity contribution < 1.29 is 14.4 Å². The molecule has 1 aliphatic carbocycles. The van der Waals surface area contributed by atoms with Gasteiger partial charge in [0.25, 0.3) is 0 Å². The molecule has 1 aromatic carbocycles. The predicted octanol–water partition coefficient (Wildman–Crippen LogP) is 2.89. The molecule has 2 aliphatic heterocycles. The molecule has 1 aromatic rings. The Hall–Kier alpha value is -3.02. The van der Waals surface area contributed by atoms with Crippen LogP contribution in [-0.4, -0.2) is 46.4 Å². The zero-order valence-corrected chi connectivity index (χ0v) is 15.7. The molecular weight excluding hydrogens is 354 g/mol. The summed E-state index contributed by atoms with van der Waals surface area (Å²) in [6.07, 6.45) is 9.60. The number of benzene rings is 1. The number of urea groups is 1. The van der Waals surface area contributed by atoms with Gasteiger partial charge in [0, 0.05) is 26.1 Å². The number of aliphatic imine (C=N–C) groups is 1. The van der Waals surface area contributed by atoms with Crippen LogP contribution in [0.15, 0.2) is 53.6 Å². The Bertz CT molecular complexity index is 900. The molecule has 0 bridgehead atoms. The van der Waals surface area contributed by atoms with Crippen molar-refractivity contribution in [1.82, 2.24) is 9.80 Å². The van der Waals surface area contributed by atoms with E-state index < -0.39 is 11.9 Å². The number of hydrogen-bond acceptors (Lipinski definition) is 3. The number of carbonyl (C=O) groups excluding carboxylic acids is 3. The summed E-state index contributed by atoms with van der Waals surface area (Å²) < 4.78 is 0. The van der Waals surface area contributed by atoms with Crippen molar-refractivity contribution in [2.75, 3.05) is 13.1 Å². The summed E-state index contributed by atoms with van der Waals surface area (Å²) in [5.41, 5.74) is 3.05. The van der Waals surface area contributed by atoms with Gasteiger partial charge in [-0.05, 0) is 36.5 Å². The van der Waals surface area contributed by atoms with Crippen molar-refractivity contribution in [2.24, 2.45) is 10.9 Å². The third kappa shape index (κ3) is 3.67. The molecule has 0 N–H and O–H groups in total. The van der Waals surface area contributed by atoms with Gasteiger partial charge in [0.1, 0.15) is 0 Å². The maximum absolute atomic E-state index is 12.5. The van der Waals surface area contributed by atoms with Crippen LogP contribution in [0.4, 0.5) is 4.79 Å². The first kappa shape index (κ1) is 18.3. The van der Waals surface area contributed by atoms with Crippen molar-refractivity contribution in [3.63, 3.8) is 0 Å². The highest BCUT2D eigenvalue weighted by Crippen LogP contribution is 2.21. The molecular formula is C22H23N3O3. The maximum atomic E-state index is 12.5. The smallest absolute Gasteiger partial charge is 0.338 e. The van der Waals surface area contributed by atoms with Crippen LogP contribution in [-0.2, 0) is 22.6 Å². The molecule has 6 nitrogen and oxygen atoms in total. The highest BCUT2D eigenvalue weighted by Gasteiger charge is 2.35. The van der Waals surface area contributed by atoms with E-state index in [2.05, 4.69) is 17.1 Å². The Morgan fingerprint density at radius 3 is 2.79 bits per heavy atom. The third-order valence-corrected chi connectivity index (χ3v) is 5.49. The topological polar surface area (TPSA) is 70.0 Å². The number of rotatable bonds is 5. The number of unbranched alkanes of at least 4 members (excludes halogenated alkanes) is 1. The maximum Gasteiger partial charge on any atom is 0.350 e. The van der Waals surface area contributed by atoms with Gasteiger partial charge >= 0.3 is 6.03 Å². The van der Waals surface area contributed by atoms with Crippen LogP contribution in [0.2, 0.25) is 0 Å². The lowest BCUT2D eigenvalue weighted by Crippen LogP contribution is -2.46. The number of imide groups is 1. The van der Waals surface area contributed by atoms with Crippen LogP contribution >= 0.6 is 0 Å². The second-order valence-corrected chi connectivity index (χ2v) is 7.32. The molecule has 6 heteroatoms. The Labute approximate surface area is 164 Å². The summed E-state index contributed by atoms with van der Waals surface area (Å²) >= 11 is 0. The number of allylic oxidation sites excluding steroid dienone is 3. The Morgan fingerprint density at radius 2 is 1.93 bits per heavy atom. The molecule has 28 heavy (non-hydrogen) atoms. The van der Waals surface area contributed by atoms with Crippen LogP contribution in [0, 0.1) is 5.92 Å². The largest absolute Gasteiger partial charge is 0.350 e. The Kier molecular flexibility index (Phi) is 5.19. The number of nitrogens with zero attached hydrogens (tertiary/aromatic N) is 3. The summed E-state index contributed by atoms with van der Waals surface area (Å²) in [5.74, 6) is -0.557. The van der Waals surface area contributed by atoms with Crippen molar-refractivity contribution in [3.8, 4) is 0 Å². The fourth-order valence-electron chi connectivity index (χ4n) is 3.90. The third-order valence-electron chi connectivity index (χ3n) is 5.49. The summed E-state index contributed by atoms with van der Waals surface area (Å²) in [5, 5.41) is 0. The average Bonchev–Trinajstić information content (AvgIpc) is 2.72. The van der Waals surface area contributed by atoms with Gasteiger partial charge in [-0.25, -0.2) is 4.79 Å². The molecule has 3 aliphatic rings. The quantitative estimate of drug-likeness (QED) is 0.741. The molecule has 0 aromatic heterocycles. The number of amides is 4. The van der Waals surface area contributed by atoms with Gasteiger partial charge in [-0.2, -0.15) is 4.99 Å². The van der Waals surface area contributed by atoms with Crippen molar-refractivity contribution in [2.45, 2.75) is 32.2 Å². The van der Waals surface area contributed by atoms with Crippen LogP contribution in [0.3, 0.4) is 0 Å². The Balaban J connectivity index is 1.26. The van der Waals surface area contributed by atoms with E-state index in [4.69, 9.17) is 0 Å². The van der Waals surface area contributed by atoms with Gasteiger partial charge < -0.3 is 4.90 Å². The lowest BCUT2D eigenvalue weighted by Gasteiger charge is -2.29. The molecule has 1 atom stereocenters. The lowest BCUT2D eigenvalue weighted by molar-refractivity contribution is -0.132. The van der Waals surface area contributed by atoms with E-state index in [-0.39, 0.29) is 11.8 Å². The zero-order chi connectivity index (χ0) is 19.5. The molecule has 0 fully saturated rings. The first-order valence-corrected chi connectivity index (χ1v) is 9.77. The van der Waals surface area contributed by atoms with E-state index in [0.717, 1.165) is 13.0 Å². The van der Waals surface area contributed by atoms with Crippen molar-refractivity contribution in [1.29, 1.82) is 0 Å². The highest BCUT2D eigenvalue weighted by molar-refractivity contribution is 6.21. The minimum absolute atomic E-state index is 0.131. The second-order valence-electron chi connectivity index (χ2n) is 7.32. The summed E-state index contributed by atoms with van der Waals surface area (Å²) in [7, 11) is 0. The molecule has 2 heterocycles. The molecule has 0 saturated heterocycles. The van der Waals surface area contributed by atoms with Crippen LogP contribution in [0.1, 0.15) is 30.4 Å². The average molecular weight is 377 g/mol. The molecule has 0 spiro atoms. The summed E-state index contributed by atoms with van der Waals surface area (Å²) in [6.45, 7) is 1.72. The first-order valence-electron chi connectivity index (χ1n) is 9.77. The summed E-state index contributed by atoms with van der Waals surface area (Å²) in [4.78, 5) is 44.3. The van der Waals surface area contributed by atoms with Gasteiger partial charge in [0.05, 0.1) is 11.6 Å². The van der Waals surface area contributed by atoms with Crippen LogP contribution in [0.5, 0.6) is 0 Å². The first-order chi connectivity index (χ1) is 13.6. The van der Waals surface area contributed by atoms with Crippen molar-refractivity contribution in [3.05, 3.63) is 59.7 Å². The lowest BCUT2D eigenvalue weighted by atomic mass is 9.95. The number of hydrogen-bond donors (Lipinski definition) is 0. The van der Waals surface area contributed by atoms with E-state index in [9.17, 15) is 14.4 Å². The van der Waals surface area contributed by atoms with Gasteiger partial charge in [-0.15, -0.1) is 0 Å². The van der Waals surface area contributed by atoms with E-state index in [0.29, 0.717) is 38.1 Å². The number of fused-ring (bicyclic) bond motifs is 2. The Morgan fingerprint density at radius 1 is 1.11 bits per heavy atom. The predicted molar refractivity (Wildman–Crippen MR) is 106 cm³/mol. The van der Waals surface area contributed by atoms with Gasteiger partial charge in [0.15, 0.2) is 0 Å². The van der Waals surface area contributed by atoms with Gasteiger partial charge in [-0.3, -0.25) is 14.5 Å². The second kappa shape index (κ2) is 7.92. The summed E-state index contributed by atoms with van der Waals surface area (Å²) in [6, 6.07) is 7.73. The minimum Gasteiger partial charge on any atom is -0.338 e. The van der Waals surface area contributed by atoms with E-state index in [1.54, 1.807) is 24.3 Å². The van der Waals surface area contributed by atoms with E-state index in [1.165, 1.54) is 16.0 Å². The molecule has 0 radical (unpaired) electrons. The molecule has 4 amide bonds. The standard InChI is InChI=1S/C22H23N3O3/c26-20(24-14-12-16-7-1-2-8-17(16)15-24)11-5-6-13-25-21(27)18-9-3-4-10-19(18)23-22(25)28/h1-4,7-10,18H,5-6,11-15H2. The SMILES string of the molecule is O=C(CCCCN1C(=O)N=C2C=CC=CC2C1=O)N1CCc2ccccc2C1. The van der Waals surface area contributed by atoms with Gasteiger partial charge in [-0.1, -0.05) is 42.5 Å².